The zero-order valence-electron chi connectivity index (χ0n) is 28.5. The molecule has 3 N–H and O–H groups in total. The van der Waals surface area contributed by atoms with Gasteiger partial charge in [-0.3, -0.25) is 4.79 Å². The summed E-state index contributed by atoms with van der Waals surface area (Å²) in [5.74, 6) is 1.16. The maximum absolute atomic E-state index is 12.5. The molecule has 2 heterocycles. The highest BCUT2D eigenvalue weighted by Crippen LogP contribution is 2.89. The standard InChI is InChI=1S/C36H59NO7/c1-20-17-22(30(32(5,6)40)42-21(2)38)43-28-27(20)33(7)13-14-36-19-35(36)12-11-25(44-26-18-37-15-16-41-26)31(3,4)23(35)9-10-24(36)34(33,8)29(28)39/h20,22-30,37,39-40H,9-19H2,1-8H3/t20-,22?,23+,24+,25?,26+,27?,28?,29+,30+,33-,34-,35-,36?/m1/s1. The topological polar surface area (TPSA) is 106 Å². The third-order valence-corrected chi connectivity index (χ3v) is 15.3. The van der Waals surface area contributed by atoms with Crippen LogP contribution >= 0.6 is 0 Å². The molecule has 0 radical (unpaired) electrons. The van der Waals surface area contributed by atoms with Gasteiger partial charge < -0.3 is 34.5 Å². The predicted molar refractivity (Wildman–Crippen MR) is 165 cm³/mol. The molecule has 250 valence electrons. The Kier molecular flexibility index (Phi) is 7.32. The molecule has 7 aliphatic rings. The maximum atomic E-state index is 12.5. The Balaban J connectivity index is 1.16. The molecule has 8 nitrogen and oxygen atoms in total. The van der Waals surface area contributed by atoms with E-state index in [2.05, 4.69) is 39.9 Å². The third-order valence-electron chi connectivity index (χ3n) is 15.3. The lowest BCUT2D eigenvalue weighted by Gasteiger charge is -2.64. The normalized spacial score (nSPS) is 53.3. The predicted octanol–water partition coefficient (Wildman–Crippen LogP) is 4.83. The molecule has 0 aromatic heterocycles. The molecule has 44 heavy (non-hydrogen) atoms. The second-order valence-electron chi connectivity index (χ2n) is 17.9. The van der Waals surface area contributed by atoms with E-state index in [0.29, 0.717) is 30.3 Å². The van der Waals surface area contributed by atoms with Gasteiger partial charge in [-0.15, -0.1) is 0 Å². The van der Waals surface area contributed by atoms with E-state index in [1.807, 2.05) is 0 Å². The van der Waals surface area contributed by atoms with Gasteiger partial charge >= 0.3 is 5.97 Å². The fourth-order valence-corrected chi connectivity index (χ4v) is 13.4. The average Bonchev–Trinajstić information content (AvgIpc) is 3.58. The van der Waals surface area contributed by atoms with Gasteiger partial charge in [0.2, 0.25) is 0 Å². The number of hydrogen-bond acceptors (Lipinski definition) is 8. The molecule has 0 amide bonds. The van der Waals surface area contributed by atoms with Gasteiger partial charge in [-0.1, -0.05) is 34.6 Å². The van der Waals surface area contributed by atoms with E-state index in [1.165, 1.54) is 32.6 Å². The Hall–Kier alpha value is -0.770. The van der Waals surface area contributed by atoms with Crippen molar-refractivity contribution in [2.45, 2.75) is 149 Å². The fourth-order valence-electron chi connectivity index (χ4n) is 13.4. The highest BCUT2D eigenvalue weighted by atomic mass is 16.7. The van der Waals surface area contributed by atoms with E-state index >= 15 is 0 Å². The number of ether oxygens (including phenoxy) is 4. The van der Waals surface area contributed by atoms with Crippen molar-refractivity contribution in [2.24, 2.45) is 50.7 Å². The van der Waals surface area contributed by atoms with E-state index in [9.17, 15) is 15.0 Å². The van der Waals surface area contributed by atoms with Crippen molar-refractivity contribution < 1.29 is 34.0 Å². The van der Waals surface area contributed by atoms with E-state index < -0.39 is 29.9 Å². The molecule has 0 aromatic carbocycles. The van der Waals surface area contributed by atoms with Crippen LogP contribution in [-0.4, -0.2) is 78.3 Å². The van der Waals surface area contributed by atoms with Crippen LogP contribution in [0.3, 0.4) is 0 Å². The van der Waals surface area contributed by atoms with Crippen molar-refractivity contribution in [3.63, 3.8) is 0 Å². The highest BCUT2D eigenvalue weighted by molar-refractivity contribution is 5.66. The monoisotopic (exact) mass is 617 g/mol. The van der Waals surface area contributed by atoms with Crippen molar-refractivity contribution in [1.82, 2.24) is 5.32 Å². The Bertz CT molecular complexity index is 1150. The summed E-state index contributed by atoms with van der Waals surface area (Å²) >= 11 is 0. The number of fused-ring (bicyclic) bond motifs is 4. The molecule has 14 atom stereocenters. The van der Waals surface area contributed by atoms with Crippen LogP contribution in [-0.2, 0) is 23.7 Å². The van der Waals surface area contributed by atoms with Crippen molar-refractivity contribution in [2.75, 3.05) is 19.7 Å². The smallest absolute Gasteiger partial charge is 0.303 e. The van der Waals surface area contributed by atoms with Crippen LogP contribution in [0, 0.1) is 50.7 Å². The molecular formula is C36H59NO7. The minimum Gasteiger partial charge on any atom is -0.457 e. The Morgan fingerprint density at radius 1 is 1.05 bits per heavy atom. The maximum Gasteiger partial charge on any atom is 0.303 e. The second-order valence-corrected chi connectivity index (χ2v) is 17.9. The molecule has 2 aliphatic heterocycles. The number of morpholine rings is 1. The second kappa shape index (κ2) is 10.1. The van der Waals surface area contributed by atoms with Crippen molar-refractivity contribution in [1.29, 1.82) is 0 Å². The average molecular weight is 618 g/mol. The summed E-state index contributed by atoms with van der Waals surface area (Å²) in [4.78, 5) is 12.0. The summed E-state index contributed by atoms with van der Waals surface area (Å²) in [5.41, 5.74) is -0.862. The van der Waals surface area contributed by atoms with Crippen LogP contribution in [0.15, 0.2) is 0 Å². The van der Waals surface area contributed by atoms with Crippen molar-refractivity contribution >= 4 is 5.97 Å². The van der Waals surface area contributed by atoms with Gasteiger partial charge in [-0.05, 0) is 111 Å². The minimum atomic E-state index is -1.25. The van der Waals surface area contributed by atoms with Gasteiger partial charge in [0, 0.05) is 25.4 Å². The summed E-state index contributed by atoms with van der Waals surface area (Å²) in [6.45, 7) is 19.2. The van der Waals surface area contributed by atoms with Crippen LogP contribution in [0.1, 0.15) is 107 Å². The number of aliphatic hydroxyl groups is 2. The first kappa shape index (κ1) is 31.8. The number of esters is 1. The van der Waals surface area contributed by atoms with Gasteiger partial charge in [0.05, 0.1) is 36.6 Å². The number of carbonyl (C=O) groups is 1. The molecule has 2 saturated heterocycles. The lowest BCUT2D eigenvalue weighted by Crippen LogP contribution is -2.60. The number of aliphatic hydroxyl groups excluding tert-OH is 1. The molecule has 0 aromatic rings. The summed E-state index contributed by atoms with van der Waals surface area (Å²) < 4.78 is 25.2. The van der Waals surface area contributed by atoms with Crippen molar-refractivity contribution in [3.8, 4) is 0 Å². The lowest BCUT2D eigenvalue weighted by molar-refractivity contribution is -0.237. The quantitative estimate of drug-likeness (QED) is 0.377. The largest absolute Gasteiger partial charge is 0.457 e. The zero-order valence-corrected chi connectivity index (χ0v) is 28.5. The van der Waals surface area contributed by atoms with E-state index in [0.717, 1.165) is 32.4 Å². The molecule has 8 heteroatoms. The number of hydrogen-bond donors (Lipinski definition) is 3. The first-order valence-electron chi connectivity index (χ1n) is 17.7. The Labute approximate surface area is 264 Å². The van der Waals surface area contributed by atoms with Crippen LogP contribution in [0.5, 0.6) is 0 Å². The molecule has 7 rings (SSSR count). The van der Waals surface area contributed by atoms with Crippen LogP contribution in [0.4, 0.5) is 0 Å². The van der Waals surface area contributed by atoms with Gasteiger partial charge in [0.25, 0.3) is 0 Å². The van der Waals surface area contributed by atoms with E-state index in [-0.39, 0.29) is 52.0 Å². The minimum absolute atomic E-state index is 0.0409. The first-order valence-corrected chi connectivity index (χ1v) is 17.7. The zero-order chi connectivity index (χ0) is 31.7. The number of nitrogens with one attached hydrogen (secondary N) is 1. The van der Waals surface area contributed by atoms with E-state index in [4.69, 9.17) is 18.9 Å². The SMILES string of the molecule is CC(=O)O[C@@H](C1C[C@@H](C)C2C(O1)[C@H](O)[C@@]1(C)[C@@H]3CC[C@H]4C(C)(C)C(O[C@H]5CNCCO5)CC[C@@]45CC35CC[C@]21C)C(C)(C)O. The van der Waals surface area contributed by atoms with E-state index in [1.54, 1.807) is 13.8 Å². The molecule has 5 unspecified atom stereocenters. The summed E-state index contributed by atoms with van der Waals surface area (Å²) in [6, 6.07) is 0. The summed E-state index contributed by atoms with van der Waals surface area (Å²) in [6.07, 6.45) is 6.87. The van der Waals surface area contributed by atoms with Crippen LogP contribution < -0.4 is 5.32 Å². The van der Waals surface area contributed by atoms with Gasteiger partial charge in [-0.2, -0.15) is 0 Å². The lowest BCUT2D eigenvalue weighted by atomic mass is 9.41. The number of rotatable bonds is 5. The first-order chi connectivity index (χ1) is 20.5. The Morgan fingerprint density at radius 2 is 1.75 bits per heavy atom. The van der Waals surface area contributed by atoms with Gasteiger partial charge in [-0.25, -0.2) is 0 Å². The highest BCUT2D eigenvalue weighted by Gasteiger charge is 2.84. The van der Waals surface area contributed by atoms with Gasteiger partial charge in [0.15, 0.2) is 12.4 Å². The number of carbonyl (C=O) groups excluding carboxylic acids is 1. The third kappa shape index (κ3) is 4.12. The Morgan fingerprint density at radius 3 is 2.41 bits per heavy atom. The molecular weight excluding hydrogens is 558 g/mol. The van der Waals surface area contributed by atoms with Crippen LogP contribution in [0.25, 0.3) is 0 Å². The fraction of sp³-hybridized carbons (Fsp3) is 0.972. The summed E-state index contributed by atoms with van der Waals surface area (Å²) in [7, 11) is 0. The van der Waals surface area contributed by atoms with Crippen LogP contribution in [0.2, 0.25) is 0 Å². The molecule has 5 aliphatic carbocycles. The molecule has 7 fully saturated rings. The molecule has 0 bridgehead atoms. The van der Waals surface area contributed by atoms with Gasteiger partial charge in [0.1, 0.15) is 0 Å². The molecule has 5 saturated carbocycles. The molecule has 2 spiro atoms. The summed E-state index contributed by atoms with van der Waals surface area (Å²) in [5, 5.41) is 26.9. The van der Waals surface area contributed by atoms with Crippen molar-refractivity contribution in [3.05, 3.63) is 0 Å².